The van der Waals surface area contributed by atoms with Crippen molar-refractivity contribution in [1.29, 1.82) is 0 Å². The van der Waals surface area contributed by atoms with Gasteiger partial charge in [-0.1, -0.05) is 72.3 Å². The zero-order valence-electron chi connectivity index (χ0n) is 18.3. The fourth-order valence-electron chi connectivity index (χ4n) is 3.35. The van der Waals surface area contributed by atoms with Gasteiger partial charge in [-0.25, -0.2) is 8.42 Å². The molecule has 6 nitrogen and oxygen atoms in total. The number of amides is 1. The molecule has 1 atom stereocenters. The van der Waals surface area contributed by atoms with Gasteiger partial charge in [-0.05, 0) is 49.1 Å². The van der Waals surface area contributed by atoms with Crippen LogP contribution in [0.4, 0.5) is 0 Å². The number of sulfonamides is 1. The van der Waals surface area contributed by atoms with Crippen LogP contribution in [0.15, 0.2) is 83.8 Å². The van der Waals surface area contributed by atoms with E-state index in [4.69, 9.17) is 16.3 Å². The predicted molar refractivity (Wildman–Crippen MR) is 130 cm³/mol. The lowest BCUT2D eigenvalue weighted by Gasteiger charge is -2.20. The van der Waals surface area contributed by atoms with Gasteiger partial charge in [0.25, 0.3) is 0 Å². The molecule has 8 heteroatoms. The van der Waals surface area contributed by atoms with Gasteiger partial charge in [-0.2, -0.15) is 4.72 Å². The molecule has 0 aliphatic carbocycles. The molecular formula is C25H27ClN2O4S. The van der Waals surface area contributed by atoms with Gasteiger partial charge in [0.05, 0.1) is 6.61 Å². The number of carbonyl (C=O) groups excluding carboxylic acids is 1. The maximum atomic E-state index is 13.3. The van der Waals surface area contributed by atoms with Crippen LogP contribution in [0.2, 0.25) is 5.02 Å². The van der Waals surface area contributed by atoms with E-state index in [1.165, 1.54) is 12.1 Å². The first-order chi connectivity index (χ1) is 15.9. The van der Waals surface area contributed by atoms with Crippen molar-refractivity contribution in [2.24, 2.45) is 0 Å². The molecule has 33 heavy (non-hydrogen) atoms. The predicted octanol–water partition coefficient (Wildman–Crippen LogP) is 3.99. The molecule has 1 unspecified atom stereocenters. The van der Waals surface area contributed by atoms with E-state index >= 15 is 0 Å². The third kappa shape index (κ3) is 7.32. The first kappa shape index (κ1) is 24.8. The van der Waals surface area contributed by atoms with Crippen LogP contribution >= 0.6 is 11.6 Å². The highest BCUT2D eigenvalue weighted by Gasteiger charge is 2.28. The summed E-state index contributed by atoms with van der Waals surface area (Å²) in [6, 6.07) is 22.4. The van der Waals surface area contributed by atoms with Crippen molar-refractivity contribution in [3.05, 3.63) is 95.0 Å². The Morgan fingerprint density at radius 2 is 1.61 bits per heavy atom. The second-order valence-corrected chi connectivity index (χ2v) is 9.53. The van der Waals surface area contributed by atoms with E-state index in [1.807, 2.05) is 60.7 Å². The van der Waals surface area contributed by atoms with Crippen LogP contribution in [-0.4, -0.2) is 33.5 Å². The van der Waals surface area contributed by atoms with Crippen molar-refractivity contribution < 1.29 is 17.9 Å². The molecule has 2 N–H and O–H groups in total. The number of rotatable bonds is 11. The molecule has 1 amide bonds. The summed E-state index contributed by atoms with van der Waals surface area (Å²) in [5.74, 6) is -0.226. The topological polar surface area (TPSA) is 84.5 Å². The van der Waals surface area contributed by atoms with E-state index in [-0.39, 0.29) is 28.7 Å². The standard InChI is InChI=1S/C25H27ClN2O4S/c1-2-32-23-14-13-21(26)18-24(23)33(30,31)28-22(17-20-11-7-4-8-12-20)25(29)27-16-15-19-9-5-3-6-10-19/h3-14,18,22,28H,2,15-17H2,1H3,(H,27,29). The van der Waals surface area contributed by atoms with Crippen LogP contribution in [0.25, 0.3) is 0 Å². The van der Waals surface area contributed by atoms with Crippen LogP contribution in [-0.2, 0) is 27.7 Å². The Morgan fingerprint density at radius 3 is 2.24 bits per heavy atom. The highest BCUT2D eigenvalue weighted by Crippen LogP contribution is 2.27. The monoisotopic (exact) mass is 486 g/mol. The van der Waals surface area contributed by atoms with Crippen molar-refractivity contribution in [1.82, 2.24) is 10.0 Å². The lowest BCUT2D eigenvalue weighted by molar-refractivity contribution is -0.122. The van der Waals surface area contributed by atoms with Crippen LogP contribution in [0.1, 0.15) is 18.1 Å². The Bertz CT molecular complexity index is 1160. The number of nitrogens with one attached hydrogen (secondary N) is 2. The van der Waals surface area contributed by atoms with Crippen molar-refractivity contribution in [3.63, 3.8) is 0 Å². The molecule has 3 aromatic rings. The Morgan fingerprint density at radius 1 is 0.970 bits per heavy atom. The van der Waals surface area contributed by atoms with E-state index in [1.54, 1.807) is 13.0 Å². The van der Waals surface area contributed by atoms with Gasteiger partial charge in [0.1, 0.15) is 16.7 Å². The molecule has 174 valence electrons. The molecule has 0 heterocycles. The molecule has 3 aromatic carbocycles. The summed E-state index contributed by atoms with van der Waals surface area (Å²) in [4.78, 5) is 12.9. The summed E-state index contributed by atoms with van der Waals surface area (Å²) in [5.41, 5.74) is 1.91. The number of hydrogen-bond donors (Lipinski definition) is 2. The summed E-state index contributed by atoms with van der Waals surface area (Å²) < 4.78 is 34.5. The molecule has 0 radical (unpaired) electrons. The highest BCUT2D eigenvalue weighted by atomic mass is 35.5. The number of ether oxygens (including phenoxy) is 1. The van der Waals surface area contributed by atoms with Crippen LogP contribution in [0.5, 0.6) is 5.75 Å². The second kappa shape index (κ2) is 11.8. The summed E-state index contributed by atoms with van der Waals surface area (Å²) in [6.07, 6.45) is 0.835. The Labute approximate surface area is 200 Å². The second-order valence-electron chi connectivity index (χ2n) is 7.41. The average Bonchev–Trinajstić information content (AvgIpc) is 2.81. The normalized spacial score (nSPS) is 12.2. The Balaban J connectivity index is 1.80. The largest absolute Gasteiger partial charge is 0.492 e. The van der Waals surface area contributed by atoms with Crippen molar-refractivity contribution in [3.8, 4) is 5.75 Å². The summed E-state index contributed by atoms with van der Waals surface area (Å²) in [7, 11) is -4.10. The van der Waals surface area contributed by atoms with Crippen LogP contribution < -0.4 is 14.8 Å². The lowest BCUT2D eigenvalue weighted by Crippen LogP contribution is -2.48. The van der Waals surface area contributed by atoms with Gasteiger partial charge in [0.15, 0.2) is 0 Å². The van der Waals surface area contributed by atoms with Gasteiger partial charge in [-0.3, -0.25) is 4.79 Å². The number of hydrogen-bond acceptors (Lipinski definition) is 4. The van der Waals surface area contributed by atoms with Gasteiger partial charge in [-0.15, -0.1) is 0 Å². The zero-order chi connectivity index (χ0) is 23.7. The minimum atomic E-state index is -4.10. The molecular weight excluding hydrogens is 460 g/mol. The zero-order valence-corrected chi connectivity index (χ0v) is 19.9. The maximum absolute atomic E-state index is 13.3. The molecule has 0 saturated carbocycles. The SMILES string of the molecule is CCOc1ccc(Cl)cc1S(=O)(=O)NC(Cc1ccccc1)C(=O)NCCc1ccccc1. The van der Waals surface area contributed by atoms with Crippen LogP contribution in [0, 0.1) is 0 Å². The first-order valence-corrected chi connectivity index (χ1v) is 12.6. The summed E-state index contributed by atoms with van der Waals surface area (Å²) in [5, 5.41) is 3.11. The fourth-order valence-corrected chi connectivity index (χ4v) is 4.96. The Kier molecular flexibility index (Phi) is 8.88. The van der Waals surface area contributed by atoms with E-state index < -0.39 is 22.0 Å². The molecule has 0 aromatic heterocycles. The Hall–Kier alpha value is -2.87. The molecule has 0 spiro atoms. The first-order valence-electron chi connectivity index (χ1n) is 10.7. The fraction of sp³-hybridized carbons (Fsp3) is 0.240. The van der Waals surface area contributed by atoms with E-state index in [2.05, 4.69) is 10.0 Å². The number of carbonyl (C=O) groups is 1. The van der Waals surface area contributed by atoms with Crippen molar-refractivity contribution in [2.45, 2.75) is 30.7 Å². The smallest absolute Gasteiger partial charge is 0.245 e. The number of halogens is 1. The van der Waals surface area contributed by atoms with Gasteiger partial charge < -0.3 is 10.1 Å². The number of benzene rings is 3. The van der Waals surface area contributed by atoms with E-state index in [0.29, 0.717) is 13.0 Å². The molecule has 0 saturated heterocycles. The summed E-state index contributed by atoms with van der Waals surface area (Å²) in [6.45, 7) is 2.44. The van der Waals surface area contributed by atoms with E-state index in [9.17, 15) is 13.2 Å². The van der Waals surface area contributed by atoms with E-state index in [0.717, 1.165) is 11.1 Å². The molecule has 3 rings (SSSR count). The third-order valence-corrected chi connectivity index (χ3v) is 6.68. The average molecular weight is 487 g/mol. The minimum Gasteiger partial charge on any atom is -0.492 e. The highest BCUT2D eigenvalue weighted by molar-refractivity contribution is 7.89. The molecule has 0 aliphatic rings. The quantitative estimate of drug-likeness (QED) is 0.429. The van der Waals surface area contributed by atoms with Crippen molar-refractivity contribution >= 4 is 27.5 Å². The van der Waals surface area contributed by atoms with Gasteiger partial charge in [0.2, 0.25) is 15.9 Å². The van der Waals surface area contributed by atoms with Crippen LogP contribution in [0.3, 0.4) is 0 Å². The minimum absolute atomic E-state index is 0.105. The maximum Gasteiger partial charge on any atom is 0.245 e. The molecule has 0 bridgehead atoms. The van der Waals surface area contributed by atoms with Gasteiger partial charge >= 0.3 is 0 Å². The van der Waals surface area contributed by atoms with Crippen molar-refractivity contribution in [2.75, 3.05) is 13.2 Å². The lowest BCUT2D eigenvalue weighted by atomic mass is 10.1. The third-order valence-electron chi connectivity index (χ3n) is 4.95. The molecule has 0 fully saturated rings. The summed E-state index contributed by atoms with van der Waals surface area (Å²) >= 11 is 6.05. The molecule has 0 aliphatic heterocycles. The van der Waals surface area contributed by atoms with Gasteiger partial charge in [0, 0.05) is 11.6 Å².